The van der Waals surface area contributed by atoms with Gasteiger partial charge in [-0.3, -0.25) is 0 Å². The standard InChI is InChI=1S/C18H32N2O/c1-5-8-9-16(7-3)14-21-18-12-17(11-15(4)20-18)13-19-10-6-2/h11-12,16,19H,5-10,13-14H2,1-4H3. The molecule has 120 valence electrons. The first kappa shape index (κ1) is 18.0. The maximum absolute atomic E-state index is 5.94. The molecule has 0 radical (unpaired) electrons. The van der Waals surface area contributed by atoms with Gasteiger partial charge in [-0.2, -0.15) is 0 Å². The maximum atomic E-state index is 5.94. The molecule has 1 heterocycles. The van der Waals surface area contributed by atoms with Gasteiger partial charge in [-0.25, -0.2) is 4.98 Å². The van der Waals surface area contributed by atoms with E-state index >= 15 is 0 Å². The fourth-order valence-electron chi connectivity index (χ4n) is 2.39. The molecule has 0 saturated carbocycles. The van der Waals surface area contributed by atoms with E-state index in [0.29, 0.717) is 5.92 Å². The number of aryl methyl sites for hydroxylation is 1. The van der Waals surface area contributed by atoms with Gasteiger partial charge in [0, 0.05) is 18.3 Å². The Bertz CT molecular complexity index is 393. The highest BCUT2D eigenvalue weighted by atomic mass is 16.5. The van der Waals surface area contributed by atoms with E-state index in [1.54, 1.807) is 0 Å². The highest BCUT2D eigenvalue weighted by molar-refractivity contribution is 5.24. The Labute approximate surface area is 130 Å². The third kappa shape index (κ3) is 7.47. The lowest BCUT2D eigenvalue weighted by molar-refractivity contribution is 0.225. The van der Waals surface area contributed by atoms with Gasteiger partial charge in [0.05, 0.1) is 6.61 Å². The molecule has 0 aromatic carbocycles. The molecule has 0 fully saturated rings. The summed E-state index contributed by atoms with van der Waals surface area (Å²) >= 11 is 0. The number of pyridine rings is 1. The van der Waals surface area contributed by atoms with E-state index in [0.717, 1.165) is 37.7 Å². The van der Waals surface area contributed by atoms with Crippen LogP contribution in [0.1, 0.15) is 64.1 Å². The molecule has 0 bridgehead atoms. The summed E-state index contributed by atoms with van der Waals surface area (Å²) in [6, 6.07) is 4.20. The Morgan fingerprint density at radius 2 is 2.00 bits per heavy atom. The molecule has 1 atom stereocenters. The molecule has 0 saturated heterocycles. The van der Waals surface area contributed by atoms with Crippen molar-refractivity contribution in [3.63, 3.8) is 0 Å². The van der Waals surface area contributed by atoms with Crippen LogP contribution < -0.4 is 10.1 Å². The second kappa shape index (κ2) is 10.6. The first-order chi connectivity index (χ1) is 10.2. The van der Waals surface area contributed by atoms with Gasteiger partial charge in [-0.05, 0) is 43.9 Å². The van der Waals surface area contributed by atoms with E-state index in [9.17, 15) is 0 Å². The average molecular weight is 292 g/mol. The Balaban J connectivity index is 2.53. The predicted molar refractivity (Wildman–Crippen MR) is 89.8 cm³/mol. The molecule has 0 aliphatic rings. The Kier molecular flexibility index (Phi) is 9.07. The van der Waals surface area contributed by atoms with Crippen molar-refractivity contribution in [2.75, 3.05) is 13.2 Å². The van der Waals surface area contributed by atoms with Crippen molar-refractivity contribution in [2.24, 2.45) is 5.92 Å². The van der Waals surface area contributed by atoms with E-state index in [4.69, 9.17) is 4.74 Å². The lowest BCUT2D eigenvalue weighted by Gasteiger charge is -2.16. The first-order valence-electron chi connectivity index (χ1n) is 8.50. The van der Waals surface area contributed by atoms with Crippen LogP contribution in [0.5, 0.6) is 5.88 Å². The highest BCUT2D eigenvalue weighted by Gasteiger charge is 2.08. The zero-order valence-corrected chi connectivity index (χ0v) is 14.2. The summed E-state index contributed by atoms with van der Waals surface area (Å²) in [6.45, 7) is 11.4. The molecule has 0 amide bonds. The number of aromatic nitrogens is 1. The molecule has 3 heteroatoms. The summed E-state index contributed by atoms with van der Waals surface area (Å²) in [6.07, 6.45) is 6.13. The summed E-state index contributed by atoms with van der Waals surface area (Å²) in [5.41, 5.74) is 2.29. The third-order valence-corrected chi connectivity index (χ3v) is 3.76. The zero-order valence-electron chi connectivity index (χ0n) is 14.2. The molecule has 1 N–H and O–H groups in total. The number of nitrogens with zero attached hydrogens (tertiary/aromatic N) is 1. The van der Waals surface area contributed by atoms with Crippen LogP contribution in [-0.2, 0) is 6.54 Å². The van der Waals surface area contributed by atoms with E-state index in [2.05, 4.69) is 43.2 Å². The molecular formula is C18H32N2O. The van der Waals surface area contributed by atoms with Crippen molar-refractivity contribution in [3.05, 3.63) is 23.4 Å². The quantitative estimate of drug-likeness (QED) is 0.610. The van der Waals surface area contributed by atoms with Crippen LogP contribution in [0.3, 0.4) is 0 Å². The molecule has 1 aromatic rings. The number of hydrogen-bond acceptors (Lipinski definition) is 3. The van der Waals surface area contributed by atoms with Gasteiger partial charge in [0.1, 0.15) is 0 Å². The van der Waals surface area contributed by atoms with E-state index in [-0.39, 0.29) is 0 Å². The Morgan fingerprint density at radius 3 is 2.67 bits per heavy atom. The van der Waals surface area contributed by atoms with Gasteiger partial charge in [0.25, 0.3) is 0 Å². The fraction of sp³-hybridized carbons (Fsp3) is 0.722. The average Bonchev–Trinajstić information content (AvgIpc) is 2.47. The van der Waals surface area contributed by atoms with E-state index in [1.165, 1.54) is 31.2 Å². The van der Waals surface area contributed by atoms with E-state index in [1.807, 2.05) is 6.92 Å². The van der Waals surface area contributed by atoms with Crippen LogP contribution >= 0.6 is 0 Å². The van der Waals surface area contributed by atoms with Crippen LogP contribution in [0.2, 0.25) is 0 Å². The first-order valence-corrected chi connectivity index (χ1v) is 8.50. The predicted octanol–water partition coefficient (Wildman–Crippen LogP) is 4.48. The smallest absolute Gasteiger partial charge is 0.213 e. The minimum absolute atomic E-state index is 0.647. The monoisotopic (exact) mass is 292 g/mol. The zero-order chi connectivity index (χ0) is 15.5. The summed E-state index contributed by atoms with van der Waals surface area (Å²) in [5, 5.41) is 3.43. The number of hydrogen-bond donors (Lipinski definition) is 1. The van der Waals surface area contributed by atoms with Gasteiger partial charge in [0.15, 0.2) is 0 Å². The third-order valence-electron chi connectivity index (χ3n) is 3.76. The molecule has 1 unspecified atom stereocenters. The fourth-order valence-corrected chi connectivity index (χ4v) is 2.39. The highest BCUT2D eigenvalue weighted by Crippen LogP contribution is 2.17. The largest absolute Gasteiger partial charge is 0.477 e. The van der Waals surface area contributed by atoms with Gasteiger partial charge < -0.3 is 10.1 Å². The van der Waals surface area contributed by atoms with Gasteiger partial charge >= 0.3 is 0 Å². The summed E-state index contributed by atoms with van der Waals surface area (Å²) in [5.74, 6) is 1.42. The lowest BCUT2D eigenvalue weighted by Crippen LogP contribution is -2.15. The molecule has 21 heavy (non-hydrogen) atoms. The van der Waals surface area contributed by atoms with E-state index < -0.39 is 0 Å². The summed E-state index contributed by atoms with van der Waals surface area (Å²) in [4.78, 5) is 4.50. The number of unbranched alkanes of at least 4 members (excludes halogenated alkanes) is 1. The molecule has 0 aliphatic heterocycles. The molecule has 1 rings (SSSR count). The van der Waals surface area contributed by atoms with Crippen molar-refractivity contribution < 1.29 is 4.74 Å². The van der Waals surface area contributed by atoms with Crippen molar-refractivity contribution in [1.82, 2.24) is 10.3 Å². The molecule has 3 nitrogen and oxygen atoms in total. The topological polar surface area (TPSA) is 34.1 Å². The lowest BCUT2D eigenvalue weighted by atomic mass is 10.0. The summed E-state index contributed by atoms with van der Waals surface area (Å²) < 4.78 is 5.94. The Hall–Kier alpha value is -1.09. The van der Waals surface area contributed by atoms with Crippen LogP contribution in [0.4, 0.5) is 0 Å². The number of rotatable bonds is 11. The molecule has 0 aliphatic carbocycles. The normalized spacial score (nSPS) is 12.4. The number of ether oxygens (including phenoxy) is 1. The molecule has 0 spiro atoms. The van der Waals surface area contributed by atoms with Crippen molar-refractivity contribution >= 4 is 0 Å². The van der Waals surface area contributed by atoms with Crippen LogP contribution in [0.25, 0.3) is 0 Å². The minimum atomic E-state index is 0.647. The van der Waals surface area contributed by atoms with Gasteiger partial charge in [-0.1, -0.05) is 40.0 Å². The number of nitrogens with one attached hydrogen (secondary N) is 1. The van der Waals surface area contributed by atoms with Gasteiger partial charge in [-0.15, -0.1) is 0 Å². The van der Waals surface area contributed by atoms with Crippen molar-refractivity contribution in [1.29, 1.82) is 0 Å². The van der Waals surface area contributed by atoms with Crippen LogP contribution in [0, 0.1) is 12.8 Å². The van der Waals surface area contributed by atoms with Gasteiger partial charge in [0.2, 0.25) is 5.88 Å². The second-order valence-corrected chi connectivity index (χ2v) is 5.86. The maximum Gasteiger partial charge on any atom is 0.213 e. The summed E-state index contributed by atoms with van der Waals surface area (Å²) in [7, 11) is 0. The van der Waals surface area contributed by atoms with Crippen molar-refractivity contribution in [2.45, 2.75) is 66.3 Å². The van der Waals surface area contributed by atoms with Crippen LogP contribution in [0.15, 0.2) is 12.1 Å². The Morgan fingerprint density at radius 1 is 1.19 bits per heavy atom. The minimum Gasteiger partial charge on any atom is -0.477 e. The SMILES string of the molecule is CCCCC(CC)COc1cc(CNCCC)cc(C)n1. The second-order valence-electron chi connectivity index (χ2n) is 5.86. The van der Waals surface area contributed by atoms with Crippen LogP contribution in [-0.4, -0.2) is 18.1 Å². The molecule has 1 aromatic heterocycles. The molecular weight excluding hydrogens is 260 g/mol. The van der Waals surface area contributed by atoms with Crippen molar-refractivity contribution in [3.8, 4) is 5.88 Å².